The molecule has 1 N–H and O–H groups in total. The van der Waals surface area contributed by atoms with E-state index in [4.69, 9.17) is 19.3 Å². The van der Waals surface area contributed by atoms with Gasteiger partial charge in [0.1, 0.15) is 6.61 Å². The minimum absolute atomic E-state index is 0.0428. The zero-order chi connectivity index (χ0) is 26.5. The number of nitrogens with zero attached hydrogens (tertiary/aromatic N) is 1. The number of nitro groups is 1. The van der Waals surface area contributed by atoms with Crippen LogP contribution in [0.5, 0.6) is 11.5 Å². The molecule has 4 rings (SSSR count). The van der Waals surface area contributed by atoms with Crippen molar-refractivity contribution < 1.29 is 33.8 Å². The maximum absolute atomic E-state index is 13.1. The molecule has 0 amide bonds. The first kappa shape index (κ1) is 25.7. The lowest BCUT2D eigenvalue weighted by Crippen LogP contribution is -2.18. The van der Waals surface area contributed by atoms with Crippen molar-refractivity contribution in [2.24, 2.45) is 0 Å². The average molecular weight is 506 g/mol. The van der Waals surface area contributed by atoms with Gasteiger partial charge in [-0.05, 0) is 41.7 Å². The number of nitro benzene ring substituents is 1. The van der Waals surface area contributed by atoms with Crippen molar-refractivity contribution in [3.05, 3.63) is 87.5 Å². The average Bonchev–Trinajstić information content (AvgIpc) is 3.22. The summed E-state index contributed by atoms with van der Waals surface area (Å²) >= 11 is 0. The van der Waals surface area contributed by atoms with Gasteiger partial charge in [0.15, 0.2) is 11.5 Å². The molecule has 0 aromatic heterocycles. The quantitative estimate of drug-likeness (QED) is 0.161. The summed E-state index contributed by atoms with van der Waals surface area (Å²) in [6.45, 7) is 1.70. The molecule has 1 atom stereocenters. The lowest BCUT2D eigenvalue weighted by Gasteiger charge is -2.18. The molecule has 9 nitrogen and oxygen atoms in total. The molecule has 3 aromatic carbocycles. The Morgan fingerprint density at radius 3 is 2.22 bits per heavy atom. The van der Waals surface area contributed by atoms with Crippen LogP contribution in [0, 0.1) is 10.1 Å². The van der Waals surface area contributed by atoms with E-state index < -0.39 is 22.8 Å². The number of carboxylic acids is 1. The third-order valence-corrected chi connectivity index (χ3v) is 6.48. The maximum Gasteiger partial charge on any atom is 0.313 e. The summed E-state index contributed by atoms with van der Waals surface area (Å²) in [6, 6.07) is 18.5. The zero-order valence-corrected chi connectivity index (χ0v) is 20.5. The molecule has 1 aliphatic rings. The summed E-state index contributed by atoms with van der Waals surface area (Å²) in [5.41, 5.74) is 4.17. The normalized spacial score (nSPS) is 12.8. The number of carbonyl (C=O) groups is 2. The highest BCUT2D eigenvalue weighted by atomic mass is 16.6. The van der Waals surface area contributed by atoms with Gasteiger partial charge in [-0.25, -0.2) is 0 Å². The fourth-order valence-corrected chi connectivity index (χ4v) is 4.60. The molecule has 0 fully saturated rings. The van der Waals surface area contributed by atoms with E-state index in [9.17, 15) is 19.7 Å². The first-order chi connectivity index (χ1) is 17.8. The number of hydrogen-bond acceptors (Lipinski definition) is 7. The number of fused-ring (bicyclic) bond motifs is 3. The highest BCUT2D eigenvalue weighted by molar-refractivity contribution is 5.81. The van der Waals surface area contributed by atoms with Crippen LogP contribution in [0.2, 0.25) is 0 Å². The largest absolute Gasteiger partial charge is 0.493 e. The Hall–Kier alpha value is -4.40. The van der Waals surface area contributed by atoms with Crippen molar-refractivity contribution in [2.75, 3.05) is 20.3 Å². The van der Waals surface area contributed by atoms with Crippen LogP contribution in [0.4, 0.5) is 5.69 Å². The van der Waals surface area contributed by atoms with Crippen molar-refractivity contribution in [1.29, 1.82) is 0 Å². The highest BCUT2D eigenvalue weighted by Gasteiger charge is 2.32. The molecule has 0 bridgehead atoms. The van der Waals surface area contributed by atoms with Gasteiger partial charge in [0.05, 0.1) is 30.6 Å². The van der Waals surface area contributed by atoms with E-state index >= 15 is 0 Å². The van der Waals surface area contributed by atoms with E-state index in [1.165, 1.54) is 19.2 Å². The Bertz CT molecular complexity index is 1290. The van der Waals surface area contributed by atoms with Gasteiger partial charge in [-0.15, -0.1) is 0 Å². The van der Waals surface area contributed by atoms with E-state index in [1.54, 1.807) is 6.92 Å². The second kappa shape index (κ2) is 11.1. The molecular weight excluding hydrogens is 478 g/mol. The molecule has 1 unspecified atom stereocenters. The van der Waals surface area contributed by atoms with E-state index in [-0.39, 0.29) is 54.7 Å². The van der Waals surface area contributed by atoms with Gasteiger partial charge < -0.3 is 19.3 Å². The molecule has 0 aliphatic heterocycles. The highest BCUT2D eigenvalue weighted by Crippen LogP contribution is 2.45. The molecule has 0 saturated heterocycles. The number of aliphatic carboxylic acids is 1. The summed E-state index contributed by atoms with van der Waals surface area (Å²) < 4.78 is 16.6. The maximum atomic E-state index is 13.1. The van der Waals surface area contributed by atoms with E-state index in [1.807, 2.05) is 48.5 Å². The molecule has 192 valence electrons. The SMILES string of the molecule is COc1cc(C(C)C(=O)OCC2c3ccccc3-c3ccccc32)c([N+](=O)[O-])cc1OCCCC(=O)O. The van der Waals surface area contributed by atoms with Crippen LogP contribution < -0.4 is 9.47 Å². The smallest absolute Gasteiger partial charge is 0.313 e. The van der Waals surface area contributed by atoms with Crippen LogP contribution in [0.15, 0.2) is 60.7 Å². The van der Waals surface area contributed by atoms with Crippen LogP contribution in [-0.2, 0) is 14.3 Å². The van der Waals surface area contributed by atoms with Gasteiger partial charge in [0.2, 0.25) is 0 Å². The Labute approximate surface area is 213 Å². The van der Waals surface area contributed by atoms with Crippen molar-refractivity contribution in [1.82, 2.24) is 0 Å². The molecule has 3 aromatic rings. The Morgan fingerprint density at radius 2 is 1.65 bits per heavy atom. The number of rotatable bonds is 11. The van der Waals surface area contributed by atoms with Crippen molar-refractivity contribution >= 4 is 17.6 Å². The van der Waals surface area contributed by atoms with Crippen LogP contribution >= 0.6 is 0 Å². The predicted octanol–water partition coefficient (Wildman–Crippen LogP) is 5.31. The number of hydrogen-bond donors (Lipinski definition) is 1. The molecule has 37 heavy (non-hydrogen) atoms. The molecule has 9 heteroatoms. The van der Waals surface area contributed by atoms with Crippen molar-refractivity contribution in [3.63, 3.8) is 0 Å². The third kappa shape index (κ3) is 5.40. The summed E-state index contributed by atoms with van der Waals surface area (Å²) in [6.07, 6.45) is 0.130. The molecule has 1 aliphatic carbocycles. The minimum atomic E-state index is -0.964. The lowest BCUT2D eigenvalue weighted by molar-refractivity contribution is -0.385. The van der Waals surface area contributed by atoms with Gasteiger partial charge in [-0.3, -0.25) is 19.7 Å². The minimum Gasteiger partial charge on any atom is -0.493 e. The summed E-state index contributed by atoms with van der Waals surface area (Å²) in [5, 5.41) is 20.6. The number of esters is 1. The third-order valence-electron chi connectivity index (χ3n) is 6.48. The first-order valence-electron chi connectivity index (χ1n) is 11.9. The van der Waals surface area contributed by atoms with Gasteiger partial charge in [-0.2, -0.15) is 0 Å². The Morgan fingerprint density at radius 1 is 1.03 bits per heavy atom. The monoisotopic (exact) mass is 505 g/mol. The van der Waals surface area contributed by atoms with Crippen LogP contribution in [0.3, 0.4) is 0 Å². The van der Waals surface area contributed by atoms with Gasteiger partial charge >= 0.3 is 11.9 Å². The molecule has 0 radical (unpaired) electrons. The number of benzene rings is 3. The Kier molecular flexibility index (Phi) is 7.71. The predicted molar refractivity (Wildman–Crippen MR) is 135 cm³/mol. The van der Waals surface area contributed by atoms with Crippen molar-refractivity contribution in [3.8, 4) is 22.6 Å². The topological polar surface area (TPSA) is 125 Å². The fraction of sp³-hybridized carbons (Fsp3) is 0.286. The van der Waals surface area contributed by atoms with E-state index in [0.717, 1.165) is 22.3 Å². The van der Waals surface area contributed by atoms with Crippen LogP contribution in [0.1, 0.15) is 48.3 Å². The first-order valence-corrected chi connectivity index (χ1v) is 11.9. The Balaban J connectivity index is 1.52. The van der Waals surface area contributed by atoms with Gasteiger partial charge in [0, 0.05) is 17.9 Å². The number of carboxylic acid groups (broad SMARTS) is 1. The molecule has 0 spiro atoms. The number of ether oxygens (including phenoxy) is 3. The van der Waals surface area contributed by atoms with Gasteiger partial charge in [0.25, 0.3) is 5.69 Å². The lowest BCUT2D eigenvalue weighted by atomic mass is 9.97. The van der Waals surface area contributed by atoms with E-state index in [0.29, 0.717) is 0 Å². The number of methoxy groups -OCH3 is 1. The van der Waals surface area contributed by atoms with Crippen LogP contribution in [0.25, 0.3) is 11.1 Å². The summed E-state index contributed by atoms with van der Waals surface area (Å²) in [5.74, 6) is -2.33. The standard InChI is InChI=1S/C28H27NO8/c1-17(22-14-25(35-2)26(15-24(22)29(33)34)36-13-7-12-27(30)31)28(32)37-16-23-20-10-5-3-8-18(20)19-9-4-6-11-21(19)23/h3-6,8-11,14-15,17,23H,7,12-13,16H2,1-2H3,(H,30,31). The molecule has 0 saturated carbocycles. The van der Waals surface area contributed by atoms with Crippen LogP contribution in [-0.4, -0.2) is 42.3 Å². The summed E-state index contributed by atoms with van der Waals surface area (Å²) in [7, 11) is 1.38. The zero-order valence-electron chi connectivity index (χ0n) is 20.5. The molecule has 0 heterocycles. The second-order valence-electron chi connectivity index (χ2n) is 8.74. The second-order valence-corrected chi connectivity index (χ2v) is 8.74. The summed E-state index contributed by atoms with van der Waals surface area (Å²) in [4.78, 5) is 35.0. The molecular formula is C28H27NO8. The van der Waals surface area contributed by atoms with E-state index in [2.05, 4.69) is 0 Å². The van der Waals surface area contributed by atoms with Gasteiger partial charge in [-0.1, -0.05) is 48.5 Å². The van der Waals surface area contributed by atoms with Crippen molar-refractivity contribution in [2.45, 2.75) is 31.6 Å². The number of carbonyl (C=O) groups excluding carboxylic acids is 1. The fourth-order valence-electron chi connectivity index (χ4n) is 4.60.